The van der Waals surface area contributed by atoms with Crippen LogP contribution in [0.25, 0.3) is 10.9 Å². The van der Waals surface area contributed by atoms with E-state index in [9.17, 15) is 9.90 Å². The number of carbonyl (C=O) groups is 1. The lowest BCUT2D eigenvalue weighted by Crippen LogP contribution is -2.23. The molecule has 6 nitrogen and oxygen atoms in total. The lowest BCUT2D eigenvalue weighted by molar-refractivity contribution is -0.137. The second-order valence-corrected chi connectivity index (χ2v) is 7.65. The first-order valence-electron chi connectivity index (χ1n) is 9.94. The topological polar surface area (TPSA) is 72.9 Å². The Hall–Kier alpha value is -3.41. The van der Waals surface area contributed by atoms with Gasteiger partial charge in [0.25, 0.3) is 0 Å². The van der Waals surface area contributed by atoms with Gasteiger partial charge in [0.2, 0.25) is 0 Å². The molecule has 2 heterocycles. The zero-order valence-electron chi connectivity index (χ0n) is 16.0. The van der Waals surface area contributed by atoms with E-state index >= 15 is 0 Å². The largest absolute Gasteiger partial charge is 0.480 e. The van der Waals surface area contributed by atoms with Crippen molar-refractivity contribution in [2.24, 2.45) is 0 Å². The van der Waals surface area contributed by atoms with E-state index in [1.165, 1.54) is 11.1 Å². The number of rotatable bonds is 5. The molecule has 0 aliphatic heterocycles. The van der Waals surface area contributed by atoms with Crippen molar-refractivity contribution in [2.75, 3.05) is 0 Å². The number of carboxylic acids is 1. The summed E-state index contributed by atoms with van der Waals surface area (Å²) in [5.74, 6) is -0.808. The fourth-order valence-corrected chi connectivity index (χ4v) is 4.61. The maximum atomic E-state index is 11.4. The van der Waals surface area contributed by atoms with E-state index in [1.807, 2.05) is 47.2 Å². The lowest BCUT2D eigenvalue weighted by atomic mass is 9.91. The predicted molar refractivity (Wildman–Crippen MR) is 110 cm³/mol. The van der Waals surface area contributed by atoms with Gasteiger partial charge in [0.05, 0.1) is 17.9 Å². The summed E-state index contributed by atoms with van der Waals surface area (Å²) in [6.45, 7) is 0.00307. The van der Waals surface area contributed by atoms with Gasteiger partial charge in [-0.1, -0.05) is 53.7 Å². The molecule has 146 valence electrons. The highest BCUT2D eigenvalue weighted by molar-refractivity contribution is 5.87. The highest BCUT2D eigenvalue weighted by Gasteiger charge is 2.28. The molecular formula is C23H22N4O2. The standard InChI is InChI=1S/C23H22N4O2/c28-23(29)15-26-21-9-5-4-8-19(21)20-13-17(10-11-22(20)26)27-18(14-24-25-27)12-16-6-2-1-3-7-16/h1-9,14,17H,10-13,15H2,(H,28,29). The fourth-order valence-electron chi connectivity index (χ4n) is 4.61. The SMILES string of the molecule is O=C(O)Cn1c2c(c3ccccc31)CC(n1nncc1Cc1ccccc1)CC2. The van der Waals surface area contributed by atoms with E-state index in [2.05, 4.69) is 33.2 Å². The molecule has 0 bridgehead atoms. The summed E-state index contributed by atoms with van der Waals surface area (Å²) in [6.07, 6.45) is 5.27. The van der Waals surface area contributed by atoms with Gasteiger partial charge in [-0.25, -0.2) is 4.68 Å². The smallest absolute Gasteiger partial charge is 0.323 e. The lowest BCUT2D eigenvalue weighted by Gasteiger charge is -2.25. The molecule has 0 saturated heterocycles. The van der Waals surface area contributed by atoms with Crippen LogP contribution in [0.3, 0.4) is 0 Å². The highest BCUT2D eigenvalue weighted by Crippen LogP contribution is 2.36. The number of aromatic nitrogens is 4. The van der Waals surface area contributed by atoms with Crippen LogP contribution in [0, 0.1) is 0 Å². The average molecular weight is 386 g/mol. The zero-order valence-corrected chi connectivity index (χ0v) is 16.0. The van der Waals surface area contributed by atoms with Gasteiger partial charge in [0.15, 0.2) is 0 Å². The molecule has 0 spiro atoms. The van der Waals surface area contributed by atoms with Crippen molar-refractivity contribution in [1.29, 1.82) is 0 Å². The van der Waals surface area contributed by atoms with Crippen LogP contribution in [0.1, 0.15) is 35.0 Å². The minimum absolute atomic E-state index is 0.00307. The number of nitrogens with zero attached hydrogens (tertiary/aromatic N) is 4. The van der Waals surface area contributed by atoms with E-state index in [4.69, 9.17) is 0 Å². The van der Waals surface area contributed by atoms with Crippen molar-refractivity contribution in [3.05, 3.63) is 83.3 Å². The molecular weight excluding hydrogens is 364 g/mol. The molecule has 0 saturated carbocycles. The van der Waals surface area contributed by atoms with Crippen LogP contribution in [0.5, 0.6) is 0 Å². The van der Waals surface area contributed by atoms with Gasteiger partial charge in [0, 0.05) is 23.0 Å². The monoisotopic (exact) mass is 386 g/mol. The minimum atomic E-state index is -0.808. The Labute approximate surface area is 168 Å². The number of hydrogen-bond donors (Lipinski definition) is 1. The van der Waals surface area contributed by atoms with E-state index in [1.54, 1.807) is 0 Å². The summed E-state index contributed by atoms with van der Waals surface area (Å²) in [4.78, 5) is 11.4. The first-order valence-corrected chi connectivity index (χ1v) is 9.94. The highest BCUT2D eigenvalue weighted by atomic mass is 16.4. The third-order valence-electron chi connectivity index (χ3n) is 5.86. The summed E-state index contributed by atoms with van der Waals surface area (Å²) in [5.41, 5.74) is 5.75. The van der Waals surface area contributed by atoms with Crippen molar-refractivity contribution in [2.45, 2.75) is 38.3 Å². The Bertz CT molecular complexity index is 1180. The Morgan fingerprint density at radius 3 is 2.72 bits per heavy atom. The number of benzene rings is 2. The zero-order chi connectivity index (χ0) is 19.8. The van der Waals surface area contributed by atoms with E-state index < -0.39 is 5.97 Å². The van der Waals surface area contributed by atoms with Crippen molar-refractivity contribution < 1.29 is 9.90 Å². The molecule has 29 heavy (non-hydrogen) atoms. The van der Waals surface area contributed by atoms with E-state index in [-0.39, 0.29) is 12.6 Å². The Morgan fingerprint density at radius 2 is 1.90 bits per heavy atom. The van der Waals surface area contributed by atoms with Gasteiger partial charge >= 0.3 is 5.97 Å². The molecule has 0 fully saturated rings. The second kappa shape index (κ2) is 7.20. The van der Waals surface area contributed by atoms with E-state index in [0.29, 0.717) is 0 Å². The third-order valence-corrected chi connectivity index (χ3v) is 5.86. The Kier molecular flexibility index (Phi) is 4.39. The number of hydrogen-bond acceptors (Lipinski definition) is 3. The second-order valence-electron chi connectivity index (χ2n) is 7.65. The maximum absolute atomic E-state index is 11.4. The number of fused-ring (bicyclic) bond motifs is 3. The van der Waals surface area contributed by atoms with Crippen LogP contribution in [-0.4, -0.2) is 30.6 Å². The van der Waals surface area contributed by atoms with Gasteiger partial charge in [-0.2, -0.15) is 0 Å². The fraction of sp³-hybridized carbons (Fsp3) is 0.261. The van der Waals surface area contributed by atoms with Crippen LogP contribution in [0.15, 0.2) is 60.8 Å². The molecule has 1 unspecified atom stereocenters. The predicted octanol–water partition coefficient (Wildman–Crippen LogP) is 3.64. The molecule has 6 heteroatoms. The third kappa shape index (κ3) is 3.20. The number of para-hydroxylation sites is 1. The summed E-state index contributed by atoms with van der Waals surface area (Å²) in [6, 6.07) is 18.7. The number of carboxylic acid groups (broad SMARTS) is 1. The molecule has 4 aromatic rings. The average Bonchev–Trinajstić information content (AvgIpc) is 3.31. The summed E-state index contributed by atoms with van der Waals surface area (Å²) < 4.78 is 4.04. The Balaban J connectivity index is 1.50. The van der Waals surface area contributed by atoms with Crippen molar-refractivity contribution in [3.63, 3.8) is 0 Å². The molecule has 2 aromatic heterocycles. The first-order chi connectivity index (χ1) is 14.2. The molecule has 0 radical (unpaired) electrons. The molecule has 1 atom stereocenters. The molecule has 0 amide bonds. The Morgan fingerprint density at radius 1 is 1.10 bits per heavy atom. The molecule has 2 aromatic carbocycles. The van der Waals surface area contributed by atoms with Gasteiger partial charge in [-0.15, -0.1) is 5.10 Å². The van der Waals surface area contributed by atoms with E-state index in [0.717, 1.165) is 48.0 Å². The van der Waals surface area contributed by atoms with Gasteiger partial charge < -0.3 is 9.67 Å². The molecule has 5 rings (SSSR count). The van der Waals surface area contributed by atoms with Crippen LogP contribution < -0.4 is 0 Å². The van der Waals surface area contributed by atoms with Crippen LogP contribution in [0.4, 0.5) is 0 Å². The quantitative estimate of drug-likeness (QED) is 0.568. The van der Waals surface area contributed by atoms with Gasteiger partial charge in [0.1, 0.15) is 6.54 Å². The summed E-state index contributed by atoms with van der Waals surface area (Å²) in [7, 11) is 0. The minimum Gasteiger partial charge on any atom is -0.480 e. The number of aliphatic carboxylic acids is 1. The molecule has 1 aliphatic rings. The van der Waals surface area contributed by atoms with Gasteiger partial charge in [-0.05, 0) is 36.5 Å². The summed E-state index contributed by atoms with van der Waals surface area (Å²) >= 11 is 0. The maximum Gasteiger partial charge on any atom is 0.323 e. The molecule has 1 N–H and O–H groups in total. The van der Waals surface area contributed by atoms with Crippen molar-refractivity contribution in [1.82, 2.24) is 19.6 Å². The normalized spacial score (nSPS) is 16.1. The summed E-state index contributed by atoms with van der Waals surface area (Å²) in [5, 5.41) is 19.1. The first kappa shape index (κ1) is 17.7. The molecule has 1 aliphatic carbocycles. The van der Waals surface area contributed by atoms with Crippen molar-refractivity contribution >= 4 is 16.9 Å². The van der Waals surface area contributed by atoms with Crippen LogP contribution >= 0.6 is 0 Å². The van der Waals surface area contributed by atoms with Crippen LogP contribution in [-0.2, 0) is 30.6 Å². The van der Waals surface area contributed by atoms with Gasteiger partial charge in [-0.3, -0.25) is 4.79 Å². The van der Waals surface area contributed by atoms with Crippen molar-refractivity contribution in [3.8, 4) is 0 Å². The van der Waals surface area contributed by atoms with Crippen LogP contribution in [0.2, 0.25) is 0 Å².